The van der Waals surface area contributed by atoms with Crippen LogP contribution in [0, 0.1) is 12.8 Å². The number of hydrogen-bond acceptors (Lipinski definition) is 4. The third-order valence-electron chi connectivity index (χ3n) is 5.10. The minimum atomic E-state index is 0.0842. The second kappa shape index (κ2) is 8.93. The van der Waals surface area contributed by atoms with Crippen LogP contribution < -0.4 is 9.47 Å². The van der Waals surface area contributed by atoms with Gasteiger partial charge < -0.3 is 14.4 Å². The fourth-order valence-corrected chi connectivity index (χ4v) is 3.55. The van der Waals surface area contributed by atoms with E-state index in [9.17, 15) is 4.79 Å². The first-order chi connectivity index (χ1) is 13.1. The maximum atomic E-state index is 13.0. The highest BCUT2D eigenvalue weighted by Gasteiger charge is 2.27. The number of nitrogens with zero attached hydrogens (tertiary/aromatic N) is 3. The van der Waals surface area contributed by atoms with Crippen molar-refractivity contribution in [2.24, 2.45) is 5.92 Å². The number of carbonyl (C=O) groups is 1. The molecular formula is C21H29N3O3. The normalized spacial score (nSPS) is 17.0. The molecule has 1 amide bonds. The van der Waals surface area contributed by atoms with E-state index >= 15 is 0 Å². The largest absolute Gasteiger partial charge is 0.497 e. The summed E-state index contributed by atoms with van der Waals surface area (Å²) in [6.07, 6.45) is 4.79. The monoisotopic (exact) mass is 371 g/mol. The van der Waals surface area contributed by atoms with Gasteiger partial charge in [-0.3, -0.25) is 9.48 Å². The minimum Gasteiger partial charge on any atom is -0.497 e. The molecule has 2 aromatic rings. The zero-order valence-electron chi connectivity index (χ0n) is 16.5. The summed E-state index contributed by atoms with van der Waals surface area (Å²) in [6.45, 7) is 7.05. The summed E-state index contributed by atoms with van der Waals surface area (Å²) in [5.74, 6) is 2.00. The Hall–Kier alpha value is -2.50. The summed E-state index contributed by atoms with van der Waals surface area (Å²) >= 11 is 0. The first kappa shape index (κ1) is 19.3. The lowest BCUT2D eigenvalue weighted by molar-refractivity contribution is 0.0632. The standard InChI is InChI=1S/C21H29N3O3/c1-4-10-24-16(2)20(13-22-24)21(25)23-11-6-7-17(14-23)15-27-19-9-5-8-18(12-19)26-3/h5,8-9,12-13,17H,4,6-7,10-11,14-15H2,1-3H3/t17-/m0/s1. The predicted molar refractivity (Wildman–Crippen MR) is 104 cm³/mol. The van der Waals surface area contributed by atoms with Gasteiger partial charge in [0.2, 0.25) is 0 Å². The molecule has 2 heterocycles. The number of benzene rings is 1. The molecule has 1 aromatic heterocycles. The molecule has 6 nitrogen and oxygen atoms in total. The van der Waals surface area contributed by atoms with Gasteiger partial charge in [0.25, 0.3) is 5.91 Å². The van der Waals surface area contributed by atoms with Gasteiger partial charge in [-0.15, -0.1) is 0 Å². The molecule has 1 aliphatic rings. The lowest BCUT2D eigenvalue weighted by Gasteiger charge is -2.32. The summed E-state index contributed by atoms with van der Waals surface area (Å²) in [5, 5.41) is 4.37. The van der Waals surface area contributed by atoms with E-state index in [0.717, 1.165) is 61.7 Å². The Morgan fingerprint density at radius 3 is 2.93 bits per heavy atom. The van der Waals surface area contributed by atoms with Gasteiger partial charge in [-0.05, 0) is 38.3 Å². The quantitative estimate of drug-likeness (QED) is 0.747. The zero-order chi connectivity index (χ0) is 19.2. The van der Waals surface area contributed by atoms with Gasteiger partial charge in [0.15, 0.2) is 0 Å². The molecule has 1 fully saturated rings. The van der Waals surface area contributed by atoms with Crippen LogP contribution in [0.3, 0.4) is 0 Å². The van der Waals surface area contributed by atoms with E-state index in [1.54, 1.807) is 13.3 Å². The van der Waals surface area contributed by atoms with Gasteiger partial charge in [-0.1, -0.05) is 13.0 Å². The first-order valence-electron chi connectivity index (χ1n) is 9.71. The lowest BCUT2D eigenvalue weighted by Crippen LogP contribution is -2.41. The average molecular weight is 371 g/mol. The summed E-state index contributed by atoms with van der Waals surface area (Å²) in [6, 6.07) is 7.63. The topological polar surface area (TPSA) is 56.6 Å². The van der Waals surface area contributed by atoms with Gasteiger partial charge in [-0.2, -0.15) is 5.10 Å². The molecule has 0 radical (unpaired) electrons. The maximum Gasteiger partial charge on any atom is 0.257 e. The van der Waals surface area contributed by atoms with Crippen molar-refractivity contribution in [1.29, 1.82) is 0 Å². The Morgan fingerprint density at radius 1 is 1.33 bits per heavy atom. The van der Waals surface area contributed by atoms with Crippen molar-refractivity contribution >= 4 is 5.91 Å². The van der Waals surface area contributed by atoms with Crippen molar-refractivity contribution in [1.82, 2.24) is 14.7 Å². The van der Waals surface area contributed by atoms with Crippen molar-refractivity contribution in [3.8, 4) is 11.5 Å². The van der Waals surface area contributed by atoms with Crippen molar-refractivity contribution < 1.29 is 14.3 Å². The predicted octanol–water partition coefficient (Wildman–Crippen LogP) is 3.54. The highest BCUT2D eigenvalue weighted by atomic mass is 16.5. The Kier molecular flexibility index (Phi) is 6.37. The average Bonchev–Trinajstić information content (AvgIpc) is 3.07. The molecule has 0 N–H and O–H groups in total. The van der Waals surface area contributed by atoms with E-state index in [0.29, 0.717) is 12.5 Å². The summed E-state index contributed by atoms with van der Waals surface area (Å²) in [7, 11) is 1.65. The molecule has 6 heteroatoms. The molecule has 146 valence electrons. The van der Waals surface area contributed by atoms with Gasteiger partial charge >= 0.3 is 0 Å². The smallest absolute Gasteiger partial charge is 0.257 e. The molecule has 3 rings (SSSR count). The van der Waals surface area contributed by atoms with Crippen LogP contribution in [0.15, 0.2) is 30.5 Å². The third kappa shape index (κ3) is 4.62. The Balaban J connectivity index is 1.59. The number of hydrogen-bond donors (Lipinski definition) is 0. The number of rotatable bonds is 7. The maximum absolute atomic E-state index is 13.0. The molecule has 1 aliphatic heterocycles. The van der Waals surface area contributed by atoms with Gasteiger partial charge in [0.1, 0.15) is 11.5 Å². The molecule has 0 aliphatic carbocycles. The lowest BCUT2D eigenvalue weighted by atomic mass is 9.98. The Labute approximate surface area is 161 Å². The number of likely N-dealkylation sites (tertiary alicyclic amines) is 1. The van der Waals surface area contributed by atoms with Crippen molar-refractivity contribution in [3.05, 3.63) is 41.7 Å². The molecule has 0 bridgehead atoms. The molecule has 1 saturated heterocycles. The number of amides is 1. The molecule has 0 spiro atoms. The third-order valence-corrected chi connectivity index (χ3v) is 5.10. The van der Waals surface area contributed by atoms with Crippen molar-refractivity contribution in [2.75, 3.05) is 26.8 Å². The van der Waals surface area contributed by atoms with E-state index in [-0.39, 0.29) is 5.91 Å². The fraction of sp³-hybridized carbons (Fsp3) is 0.524. The van der Waals surface area contributed by atoms with E-state index in [1.807, 2.05) is 40.8 Å². The summed E-state index contributed by atoms with van der Waals surface area (Å²) < 4.78 is 13.1. The molecule has 0 saturated carbocycles. The molecule has 1 atom stereocenters. The summed E-state index contributed by atoms with van der Waals surface area (Å²) in [4.78, 5) is 14.9. The highest BCUT2D eigenvalue weighted by molar-refractivity contribution is 5.95. The Morgan fingerprint density at radius 2 is 2.15 bits per heavy atom. The van der Waals surface area contributed by atoms with E-state index in [2.05, 4.69) is 12.0 Å². The van der Waals surface area contributed by atoms with Gasteiger partial charge in [0.05, 0.1) is 25.5 Å². The Bertz CT molecular complexity index is 772. The van der Waals surface area contributed by atoms with E-state index in [1.165, 1.54) is 0 Å². The number of ether oxygens (including phenoxy) is 2. The van der Waals surface area contributed by atoms with Crippen molar-refractivity contribution in [2.45, 2.75) is 39.7 Å². The van der Waals surface area contributed by atoms with Gasteiger partial charge in [-0.25, -0.2) is 0 Å². The molecule has 0 unspecified atom stereocenters. The number of carbonyl (C=O) groups excluding carboxylic acids is 1. The van der Waals surface area contributed by atoms with Crippen LogP contribution in [-0.2, 0) is 6.54 Å². The van der Waals surface area contributed by atoms with Crippen LogP contribution in [-0.4, -0.2) is 47.4 Å². The first-order valence-corrected chi connectivity index (χ1v) is 9.71. The molecule has 1 aromatic carbocycles. The number of methoxy groups -OCH3 is 1. The van der Waals surface area contributed by atoms with Crippen LogP contribution in [0.4, 0.5) is 0 Å². The zero-order valence-corrected chi connectivity index (χ0v) is 16.5. The molecular weight excluding hydrogens is 342 g/mol. The number of piperidine rings is 1. The second-order valence-corrected chi connectivity index (χ2v) is 7.12. The minimum absolute atomic E-state index is 0.0842. The van der Waals surface area contributed by atoms with E-state index < -0.39 is 0 Å². The number of aromatic nitrogens is 2. The highest BCUT2D eigenvalue weighted by Crippen LogP contribution is 2.23. The second-order valence-electron chi connectivity index (χ2n) is 7.12. The van der Waals surface area contributed by atoms with Gasteiger partial charge in [0, 0.05) is 37.3 Å². The van der Waals surface area contributed by atoms with Crippen LogP contribution in [0.1, 0.15) is 42.2 Å². The molecule has 27 heavy (non-hydrogen) atoms. The number of aryl methyl sites for hydroxylation is 1. The van der Waals surface area contributed by atoms with Crippen LogP contribution in [0.5, 0.6) is 11.5 Å². The fourth-order valence-electron chi connectivity index (χ4n) is 3.55. The van der Waals surface area contributed by atoms with Crippen LogP contribution in [0.2, 0.25) is 0 Å². The summed E-state index contributed by atoms with van der Waals surface area (Å²) in [5.41, 5.74) is 1.68. The van der Waals surface area contributed by atoms with Crippen molar-refractivity contribution in [3.63, 3.8) is 0 Å². The SMILES string of the molecule is CCCn1ncc(C(=O)N2CCC[C@H](COc3cccc(OC)c3)C2)c1C. The van der Waals surface area contributed by atoms with Crippen LogP contribution >= 0.6 is 0 Å². The van der Waals surface area contributed by atoms with Crippen LogP contribution in [0.25, 0.3) is 0 Å². The van der Waals surface area contributed by atoms with E-state index in [4.69, 9.17) is 9.47 Å².